The van der Waals surface area contributed by atoms with Crippen LogP contribution in [0, 0.1) is 6.92 Å². The number of hydrogen-bond donors (Lipinski definition) is 2. The summed E-state index contributed by atoms with van der Waals surface area (Å²) in [6.45, 7) is 9.20. The van der Waals surface area contributed by atoms with E-state index in [4.69, 9.17) is 4.98 Å². The molecule has 0 radical (unpaired) electrons. The standard InChI is InChI=1S/C25H30N6O2/c1-17-8-11-26-22(14-17)29-21-7-5-6-20(28-21)18-9-12-27-23(15-18)30-13-10-19(16-30)31(24(32)33)25(2,3)4/h5-9,11-12,14-15,19H,10,13,16H2,1-4H3,(H,32,33)(H,26,28,29). The minimum absolute atomic E-state index is 0.0690. The molecule has 1 atom stereocenters. The maximum atomic E-state index is 11.9. The number of carbonyl (C=O) groups is 1. The average molecular weight is 447 g/mol. The fraction of sp³-hybridized carbons (Fsp3) is 0.360. The molecular formula is C25H30N6O2. The molecule has 0 aliphatic carbocycles. The van der Waals surface area contributed by atoms with Crippen molar-refractivity contribution in [2.24, 2.45) is 0 Å². The number of rotatable bonds is 5. The van der Waals surface area contributed by atoms with E-state index < -0.39 is 11.6 Å². The third kappa shape index (κ3) is 5.22. The van der Waals surface area contributed by atoms with Crippen molar-refractivity contribution in [1.82, 2.24) is 19.9 Å². The van der Waals surface area contributed by atoms with E-state index in [1.165, 1.54) is 0 Å². The predicted octanol–water partition coefficient (Wildman–Crippen LogP) is 4.95. The number of pyridine rings is 3. The van der Waals surface area contributed by atoms with Gasteiger partial charge in [0.25, 0.3) is 0 Å². The van der Waals surface area contributed by atoms with Crippen LogP contribution in [0.4, 0.5) is 22.2 Å². The summed E-state index contributed by atoms with van der Waals surface area (Å²) in [5.41, 5.74) is 2.45. The van der Waals surface area contributed by atoms with E-state index in [2.05, 4.69) is 20.2 Å². The largest absolute Gasteiger partial charge is 0.465 e. The molecule has 1 fully saturated rings. The normalized spacial score (nSPS) is 16.0. The van der Waals surface area contributed by atoms with Gasteiger partial charge in [0, 0.05) is 36.6 Å². The highest BCUT2D eigenvalue weighted by Crippen LogP contribution is 2.29. The van der Waals surface area contributed by atoms with Crippen LogP contribution in [0.15, 0.2) is 54.9 Å². The first-order valence-electron chi connectivity index (χ1n) is 11.1. The van der Waals surface area contributed by atoms with Gasteiger partial charge in [-0.1, -0.05) is 6.07 Å². The third-order valence-corrected chi connectivity index (χ3v) is 5.74. The van der Waals surface area contributed by atoms with Crippen molar-refractivity contribution in [2.45, 2.75) is 45.7 Å². The zero-order valence-electron chi connectivity index (χ0n) is 19.5. The van der Waals surface area contributed by atoms with Crippen LogP contribution in [-0.2, 0) is 0 Å². The van der Waals surface area contributed by atoms with Gasteiger partial charge in [-0.3, -0.25) is 4.90 Å². The highest BCUT2D eigenvalue weighted by Gasteiger charge is 2.37. The molecule has 33 heavy (non-hydrogen) atoms. The molecule has 8 heteroatoms. The van der Waals surface area contributed by atoms with E-state index in [0.717, 1.165) is 41.4 Å². The molecule has 1 amide bonds. The molecule has 0 spiro atoms. The first-order chi connectivity index (χ1) is 15.7. The van der Waals surface area contributed by atoms with Crippen molar-refractivity contribution in [1.29, 1.82) is 0 Å². The lowest BCUT2D eigenvalue weighted by Gasteiger charge is -2.37. The van der Waals surface area contributed by atoms with Crippen LogP contribution >= 0.6 is 0 Å². The summed E-state index contributed by atoms with van der Waals surface area (Å²) >= 11 is 0. The van der Waals surface area contributed by atoms with Crippen molar-refractivity contribution in [2.75, 3.05) is 23.3 Å². The van der Waals surface area contributed by atoms with Gasteiger partial charge in [-0.2, -0.15) is 0 Å². The zero-order chi connectivity index (χ0) is 23.6. The molecule has 1 aliphatic rings. The van der Waals surface area contributed by atoms with E-state index in [-0.39, 0.29) is 6.04 Å². The third-order valence-electron chi connectivity index (χ3n) is 5.74. The van der Waals surface area contributed by atoms with Crippen molar-refractivity contribution in [3.8, 4) is 11.3 Å². The molecular weight excluding hydrogens is 416 g/mol. The number of anilines is 3. The minimum atomic E-state index is -0.882. The Morgan fingerprint density at radius 1 is 1.12 bits per heavy atom. The summed E-state index contributed by atoms with van der Waals surface area (Å²) in [5.74, 6) is 2.29. The van der Waals surface area contributed by atoms with Crippen LogP contribution in [0.1, 0.15) is 32.8 Å². The van der Waals surface area contributed by atoms with Crippen LogP contribution in [0.2, 0.25) is 0 Å². The van der Waals surface area contributed by atoms with E-state index in [1.54, 1.807) is 17.3 Å². The van der Waals surface area contributed by atoms with Crippen LogP contribution in [0.3, 0.4) is 0 Å². The molecule has 4 rings (SSSR count). The summed E-state index contributed by atoms with van der Waals surface area (Å²) in [6, 6.07) is 13.6. The molecule has 1 aliphatic heterocycles. The van der Waals surface area contributed by atoms with Crippen molar-refractivity contribution in [3.63, 3.8) is 0 Å². The second-order valence-electron chi connectivity index (χ2n) is 9.37. The number of aromatic nitrogens is 3. The molecule has 0 aromatic carbocycles. The van der Waals surface area contributed by atoms with Gasteiger partial charge in [-0.15, -0.1) is 0 Å². The smallest absolute Gasteiger partial charge is 0.408 e. The lowest BCUT2D eigenvalue weighted by Crippen LogP contribution is -2.52. The lowest BCUT2D eigenvalue weighted by molar-refractivity contribution is 0.0763. The van der Waals surface area contributed by atoms with Gasteiger partial charge in [0.15, 0.2) is 0 Å². The maximum Gasteiger partial charge on any atom is 0.408 e. The quantitative estimate of drug-likeness (QED) is 0.573. The van der Waals surface area contributed by atoms with Gasteiger partial charge in [-0.25, -0.2) is 19.7 Å². The first-order valence-corrected chi connectivity index (χ1v) is 11.1. The van der Waals surface area contributed by atoms with Gasteiger partial charge in [0.05, 0.1) is 11.7 Å². The SMILES string of the molecule is Cc1ccnc(Nc2cccc(-c3ccnc(N4CCC(N(C(=O)O)C(C)(C)C)C4)c3)n2)c1. The number of amides is 1. The number of nitrogens with one attached hydrogen (secondary N) is 1. The van der Waals surface area contributed by atoms with Gasteiger partial charge >= 0.3 is 6.09 Å². The Bertz CT molecular complexity index is 1140. The van der Waals surface area contributed by atoms with Gasteiger partial charge in [0.1, 0.15) is 17.5 Å². The van der Waals surface area contributed by atoms with Gasteiger partial charge in [-0.05, 0) is 76.1 Å². The fourth-order valence-corrected chi connectivity index (χ4v) is 4.30. The zero-order valence-corrected chi connectivity index (χ0v) is 19.5. The van der Waals surface area contributed by atoms with Crippen LogP contribution in [0.5, 0.6) is 0 Å². The van der Waals surface area contributed by atoms with E-state index >= 15 is 0 Å². The monoisotopic (exact) mass is 446 g/mol. The first kappa shape index (κ1) is 22.5. The second kappa shape index (κ2) is 9.05. The van der Waals surface area contributed by atoms with Gasteiger partial charge in [0.2, 0.25) is 0 Å². The van der Waals surface area contributed by atoms with Crippen LogP contribution < -0.4 is 10.2 Å². The molecule has 8 nitrogen and oxygen atoms in total. The molecule has 0 bridgehead atoms. The molecule has 3 aromatic heterocycles. The fourth-order valence-electron chi connectivity index (χ4n) is 4.30. The molecule has 0 saturated carbocycles. The molecule has 3 aromatic rings. The van der Waals surface area contributed by atoms with Crippen molar-refractivity contribution in [3.05, 3.63) is 60.4 Å². The number of nitrogens with zero attached hydrogens (tertiary/aromatic N) is 5. The molecule has 4 heterocycles. The molecule has 1 unspecified atom stereocenters. The highest BCUT2D eigenvalue weighted by molar-refractivity contribution is 5.68. The Balaban J connectivity index is 1.52. The summed E-state index contributed by atoms with van der Waals surface area (Å²) in [6.07, 6.45) is 3.44. The van der Waals surface area contributed by atoms with Crippen LogP contribution in [0.25, 0.3) is 11.3 Å². The van der Waals surface area contributed by atoms with E-state index in [9.17, 15) is 9.90 Å². The Morgan fingerprint density at radius 2 is 1.91 bits per heavy atom. The topological polar surface area (TPSA) is 94.5 Å². The highest BCUT2D eigenvalue weighted by atomic mass is 16.4. The summed E-state index contributed by atoms with van der Waals surface area (Å²) in [7, 11) is 0. The number of aryl methyl sites for hydroxylation is 1. The molecule has 1 saturated heterocycles. The number of carboxylic acid groups (broad SMARTS) is 1. The van der Waals surface area contributed by atoms with Crippen LogP contribution in [-0.4, -0.2) is 55.7 Å². The Kier molecular flexibility index (Phi) is 6.18. The van der Waals surface area contributed by atoms with E-state index in [1.807, 2.05) is 70.2 Å². The second-order valence-corrected chi connectivity index (χ2v) is 9.37. The van der Waals surface area contributed by atoms with Crippen molar-refractivity contribution < 1.29 is 9.90 Å². The summed E-state index contributed by atoms with van der Waals surface area (Å²) < 4.78 is 0. The summed E-state index contributed by atoms with van der Waals surface area (Å²) in [5, 5.41) is 13.0. The van der Waals surface area contributed by atoms with Crippen molar-refractivity contribution >= 4 is 23.5 Å². The Labute approximate surface area is 194 Å². The lowest BCUT2D eigenvalue weighted by atomic mass is 10.0. The Hall–Kier alpha value is -3.68. The minimum Gasteiger partial charge on any atom is -0.465 e. The summed E-state index contributed by atoms with van der Waals surface area (Å²) in [4.78, 5) is 29.2. The maximum absolute atomic E-state index is 11.9. The molecule has 172 valence electrons. The average Bonchev–Trinajstić information content (AvgIpc) is 3.22. The Morgan fingerprint density at radius 3 is 2.64 bits per heavy atom. The van der Waals surface area contributed by atoms with E-state index in [0.29, 0.717) is 12.4 Å². The molecule has 2 N–H and O–H groups in total. The number of hydrogen-bond acceptors (Lipinski definition) is 6. The van der Waals surface area contributed by atoms with Gasteiger partial charge < -0.3 is 15.3 Å². The predicted molar refractivity (Wildman–Crippen MR) is 130 cm³/mol.